The third-order valence-corrected chi connectivity index (χ3v) is 6.02. The minimum atomic E-state index is -0.530. The number of carbonyl (C=O) groups is 2. The van der Waals surface area contributed by atoms with Gasteiger partial charge in [-0.25, -0.2) is 14.8 Å². The number of hydrogen-bond acceptors (Lipinski definition) is 7. The molecule has 1 aromatic carbocycles. The van der Waals surface area contributed by atoms with Crippen LogP contribution in [0, 0.1) is 0 Å². The summed E-state index contributed by atoms with van der Waals surface area (Å²) in [6.07, 6.45) is 5.67. The molecule has 0 atom stereocenters. The molecule has 0 aliphatic carbocycles. The molecule has 0 spiro atoms. The van der Waals surface area contributed by atoms with Crippen LogP contribution in [0.5, 0.6) is 0 Å². The monoisotopic (exact) mass is 486 g/mol. The summed E-state index contributed by atoms with van der Waals surface area (Å²) in [5.41, 5.74) is 5.17. The topological polar surface area (TPSA) is 101 Å². The highest BCUT2D eigenvalue weighted by Gasteiger charge is 2.15. The molecule has 10 nitrogen and oxygen atoms in total. The van der Waals surface area contributed by atoms with Crippen molar-refractivity contribution in [2.45, 2.75) is 6.92 Å². The van der Waals surface area contributed by atoms with Crippen LogP contribution in [0.1, 0.15) is 6.92 Å². The van der Waals surface area contributed by atoms with E-state index in [1.807, 2.05) is 53.2 Å². The minimum absolute atomic E-state index is 0.223. The first-order valence-electron chi connectivity index (χ1n) is 11.7. The number of hydrogen-bond donors (Lipinski definition) is 1. The fourth-order valence-electron chi connectivity index (χ4n) is 4.17. The smallest absolute Gasteiger partial charge is 0.355 e. The van der Waals surface area contributed by atoms with Gasteiger partial charge >= 0.3 is 12.5 Å². The predicted molar refractivity (Wildman–Crippen MR) is 135 cm³/mol. The second-order valence-electron chi connectivity index (χ2n) is 8.20. The maximum absolute atomic E-state index is 12.3. The molecule has 1 saturated heterocycles. The van der Waals surface area contributed by atoms with Crippen LogP contribution >= 0.6 is 0 Å². The molecule has 1 fully saturated rings. The SMILES string of the molecule is CCN(OC=O)C(=O)Nc1cccc(-c2cnc3cc(-c4ccc(N5CCOCC5)nc4)ccn23)c1. The van der Waals surface area contributed by atoms with Gasteiger partial charge in [0.25, 0.3) is 0 Å². The highest BCUT2D eigenvalue weighted by Crippen LogP contribution is 2.27. The lowest BCUT2D eigenvalue weighted by molar-refractivity contribution is -0.158. The maximum atomic E-state index is 12.3. The van der Waals surface area contributed by atoms with Gasteiger partial charge < -0.3 is 19.8 Å². The number of anilines is 2. The number of urea groups is 1. The van der Waals surface area contributed by atoms with E-state index in [4.69, 9.17) is 4.74 Å². The van der Waals surface area contributed by atoms with E-state index in [1.165, 1.54) is 0 Å². The fraction of sp³-hybridized carbons (Fsp3) is 0.231. The van der Waals surface area contributed by atoms with Crippen LogP contribution in [0.2, 0.25) is 0 Å². The Labute approximate surface area is 208 Å². The first kappa shape index (κ1) is 23.3. The van der Waals surface area contributed by atoms with Crippen molar-refractivity contribution in [3.8, 4) is 22.4 Å². The number of rotatable bonds is 7. The number of amides is 2. The summed E-state index contributed by atoms with van der Waals surface area (Å²) in [5, 5.41) is 3.69. The van der Waals surface area contributed by atoms with Gasteiger partial charge in [0.1, 0.15) is 11.5 Å². The van der Waals surface area contributed by atoms with Gasteiger partial charge in [-0.3, -0.25) is 9.20 Å². The predicted octanol–water partition coefficient (Wildman–Crippen LogP) is 3.84. The zero-order chi connectivity index (χ0) is 24.9. The Kier molecular flexibility index (Phi) is 6.76. The standard InChI is InChI=1S/C26H26N6O4/c1-2-32(36-18-33)26(34)29-22-5-3-4-20(14-22)23-17-28-25-15-19(8-9-31(23)25)21-6-7-24(27-16-21)30-10-12-35-13-11-30/h3-9,14-18H,2,10-13H2,1H3,(H,29,34). The number of ether oxygens (including phenoxy) is 1. The lowest BCUT2D eigenvalue weighted by Gasteiger charge is -2.27. The van der Waals surface area contributed by atoms with Crippen molar-refractivity contribution in [3.05, 3.63) is 67.1 Å². The number of nitrogens with one attached hydrogen (secondary N) is 1. The molecular weight excluding hydrogens is 460 g/mol. The van der Waals surface area contributed by atoms with Gasteiger partial charge in [0.15, 0.2) is 0 Å². The van der Waals surface area contributed by atoms with E-state index in [0.717, 1.165) is 65.2 Å². The van der Waals surface area contributed by atoms with Gasteiger partial charge in [0.2, 0.25) is 0 Å². The van der Waals surface area contributed by atoms with E-state index in [1.54, 1.807) is 19.2 Å². The average Bonchev–Trinajstić information content (AvgIpc) is 3.36. The molecule has 2 amide bonds. The maximum Gasteiger partial charge on any atom is 0.355 e. The van der Waals surface area contributed by atoms with Crippen molar-refractivity contribution in [1.29, 1.82) is 0 Å². The molecule has 4 heterocycles. The molecule has 1 aliphatic heterocycles. The Bertz CT molecular complexity index is 1360. The summed E-state index contributed by atoms with van der Waals surface area (Å²) in [6, 6.07) is 15.1. The van der Waals surface area contributed by atoms with E-state index < -0.39 is 6.03 Å². The average molecular weight is 487 g/mol. The summed E-state index contributed by atoms with van der Waals surface area (Å²) in [4.78, 5) is 39.1. The van der Waals surface area contributed by atoms with Gasteiger partial charge in [0, 0.05) is 42.3 Å². The highest BCUT2D eigenvalue weighted by molar-refractivity contribution is 5.89. The number of imidazole rings is 1. The number of fused-ring (bicyclic) bond motifs is 1. The Morgan fingerprint density at radius 1 is 1.08 bits per heavy atom. The molecule has 3 aromatic heterocycles. The van der Waals surface area contributed by atoms with Crippen LogP contribution in [-0.2, 0) is 14.4 Å². The van der Waals surface area contributed by atoms with Crippen LogP contribution in [0.3, 0.4) is 0 Å². The summed E-state index contributed by atoms with van der Waals surface area (Å²) in [7, 11) is 0. The quantitative estimate of drug-likeness (QED) is 0.313. The van der Waals surface area contributed by atoms with Crippen molar-refractivity contribution < 1.29 is 19.2 Å². The van der Waals surface area contributed by atoms with Gasteiger partial charge in [-0.1, -0.05) is 12.1 Å². The van der Waals surface area contributed by atoms with E-state index in [-0.39, 0.29) is 13.0 Å². The molecule has 0 radical (unpaired) electrons. The molecule has 4 aromatic rings. The minimum Gasteiger partial charge on any atom is -0.378 e. The highest BCUT2D eigenvalue weighted by atomic mass is 16.7. The van der Waals surface area contributed by atoms with E-state index in [0.29, 0.717) is 5.69 Å². The molecule has 5 rings (SSSR count). The lowest BCUT2D eigenvalue weighted by atomic mass is 10.1. The Morgan fingerprint density at radius 2 is 1.94 bits per heavy atom. The van der Waals surface area contributed by atoms with Gasteiger partial charge in [-0.2, -0.15) is 5.06 Å². The number of aromatic nitrogens is 3. The number of carbonyl (C=O) groups excluding carboxylic acids is 2. The summed E-state index contributed by atoms with van der Waals surface area (Å²) < 4.78 is 7.41. The molecule has 0 saturated carbocycles. The van der Waals surface area contributed by atoms with Crippen LogP contribution in [0.4, 0.5) is 16.3 Å². The zero-order valence-corrected chi connectivity index (χ0v) is 19.8. The number of hydroxylamine groups is 2. The van der Waals surface area contributed by atoms with Crippen molar-refractivity contribution in [1.82, 2.24) is 19.4 Å². The van der Waals surface area contributed by atoms with Crippen molar-refractivity contribution in [2.75, 3.05) is 43.1 Å². The Hall–Kier alpha value is -4.44. The number of morpholine rings is 1. The van der Waals surface area contributed by atoms with E-state index in [9.17, 15) is 9.59 Å². The summed E-state index contributed by atoms with van der Waals surface area (Å²) in [5.74, 6) is 0.956. The lowest BCUT2D eigenvalue weighted by Crippen LogP contribution is -2.36. The molecule has 0 bridgehead atoms. The fourth-order valence-corrected chi connectivity index (χ4v) is 4.17. The normalized spacial score (nSPS) is 13.4. The van der Waals surface area contributed by atoms with Gasteiger partial charge in [-0.05, 0) is 48.9 Å². The zero-order valence-electron chi connectivity index (χ0n) is 19.8. The molecule has 0 unspecified atom stereocenters. The van der Waals surface area contributed by atoms with Crippen molar-refractivity contribution in [3.63, 3.8) is 0 Å². The number of benzene rings is 1. The Balaban J connectivity index is 1.36. The third kappa shape index (κ3) is 4.84. The van der Waals surface area contributed by atoms with Crippen LogP contribution in [-0.4, -0.2) is 64.8 Å². The first-order chi connectivity index (χ1) is 17.7. The second kappa shape index (κ2) is 10.4. The second-order valence-corrected chi connectivity index (χ2v) is 8.20. The van der Waals surface area contributed by atoms with Crippen LogP contribution < -0.4 is 10.2 Å². The molecule has 1 aliphatic rings. The van der Waals surface area contributed by atoms with Gasteiger partial charge in [-0.15, -0.1) is 0 Å². The third-order valence-electron chi connectivity index (χ3n) is 6.02. The first-order valence-corrected chi connectivity index (χ1v) is 11.7. The Morgan fingerprint density at radius 3 is 2.69 bits per heavy atom. The molecule has 36 heavy (non-hydrogen) atoms. The van der Waals surface area contributed by atoms with E-state index >= 15 is 0 Å². The van der Waals surface area contributed by atoms with Crippen LogP contribution in [0.15, 0.2) is 67.1 Å². The summed E-state index contributed by atoms with van der Waals surface area (Å²) >= 11 is 0. The molecular formula is C26H26N6O4. The number of nitrogens with zero attached hydrogens (tertiary/aromatic N) is 5. The molecule has 1 N–H and O–H groups in total. The van der Waals surface area contributed by atoms with E-state index in [2.05, 4.69) is 31.1 Å². The van der Waals surface area contributed by atoms with Crippen molar-refractivity contribution in [2.24, 2.45) is 0 Å². The van der Waals surface area contributed by atoms with Crippen LogP contribution in [0.25, 0.3) is 28.0 Å². The van der Waals surface area contributed by atoms with Gasteiger partial charge in [0.05, 0.1) is 31.6 Å². The number of pyridine rings is 2. The van der Waals surface area contributed by atoms with Crippen molar-refractivity contribution >= 4 is 29.7 Å². The largest absolute Gasteiger partial charge is 0.378 e. The molecule has 10 heteroatoms. The molecule has 184 valence electrons. The summed E-state index contributed by atoms with van der Waals surface area (Å²) in [6.45, 7) is 5.31.